The van der Waals surface area contributed by atoms with Crippen LogP contribution in [-0.4, -0.2) is 30.9 Å². The zero-order valence-electron chi connectivity index (χ0n) is 11.0. The number of rotatable bonds is 4. The molecule has 19 heavy (non-hydrogen) atoms. The van der Waals surface area contributed by atoms with Crippen molar-refractivity contribution in [2.45, 2.75) is 13.3 Å². The third-order valence-corrected chi connectivity index (χ3v) is 2.95. The maximum Gasteiger partial charge on any atom is 0.243 e. The van der Waals surface area contributed by atoms with E-state index >= 15 is 0 Å². The van der Waals surface area contributed by atoms with Gasteiger partial charge in [-0.05, 0) is 36.6 Å². The van der Waals surface area contributed by atoms with Crippen molar-refractivity contribution in [3.8, 4) is 0 Å². The van der Waals surface area contributed by atoms with Crippen LogP contribution in [0.15, 0.2) is 30.7 Å². The van der Waals surface area contributed by atoms with Crippen molar-refractivity contribution in [2.24, 2.45) is 7.05 Å². The molecule has 3 rings (SSSR count). The fraction of sp³-hybridized carbons (Fsp3) is 0.308. The first-order valence-corrected chi connectivity index (χ1v) is 6.25. The van der Waals surface area contributed by atoms with Gasteiger partial charge < -0.3 is 5.32 Å². The van der Waals surface area contributed by atoms with Gasteiger partial charge in [-0.15, -0.1) is 5.10 Å². The summed E-state index contributed by atoms with van der Waals surface area (Å²) in [5.41, 5.74) is 3.25. The summed E-state index contributed by atoms with van der Waals surface area (Å²) in [6.07, 6.45) is 6.72. The van der Waals surface area contributed by atoms with E-state index in [-0.39, 0.29) is 0 Å². The maximum absolute atomic E-state index is 4.43. The minimum absolute atomic E-state index is 0.662. The van der Waals surface area contributed by atoms with Crippen LogP contribution in [0.3, 0.4) is 0 Å². The van der Waals surface area contributed by atoms with Crippen molar-refractivity contribution in [3.05, 3.63) is 41.9 Å². The van der Waals surface area contributed by atoms with Gasteiger partial charge in [-0.1, -0.05) is 0 Å². The van der Waals surface area contributed by atoms with Gasteiger partial charge in [-0.25, -0.2) is 4.52 Å². The molecule has 0 aliphatic carbocycles. The summed E-state index contributed by atoms with van der Waals surface area (Å²) in [6, 6.07) is 4.03. The van der Waals surface area contributed by atoms with Crippen LogP contribution in [0.5, 0.6) is 0 Å². The highest BCUT2D eigenvalue weighted by Crippen LogP contribution is 2.07. The minimum atomic E-state index is 0.662. The molecule has 0 fully saturated rings. The van der Waals surface area contributed by atoms with Gasteiger partial charge in [-0.3, -0.25) is 4.68 Å². The van der Waals surface area contributed by atoms with E-state index in [0.717, 1.165) is 18.6 Å². The van der Waals surface area contributed by atoms with Gasteiger partial charge in [0.2, 0.25) is 5.95 Å². The van der Waals surface area contributed by atoms with Crippen LogP contribution in [0, 0.1) is 6.92 Å². The molecule has 98 valence electrons. The van der Waals surface area contributed by atoms with E-state index < -0.39 is 0 Å². The highest BCUT2D eigenvalue weighted by molar-refractivity contribution is 5.45. The Kier molecular flexibility index (Phi) is 2.91. The Bertz CT molecular complexity index is 696. The third kappa shape index (κ3) is 2.57. The first-order chi connectivity index (χ1) is 9.20. The highest BCUT2D eigenvalue weighted by atomic mass is 15.3. The molecule has 0 radical (unpaired) electrons. The summed E-state index contributed by atoms with van der Waals surface area (Å²) >= 11 is 0. The first-order valence-electron chi connectivity index (χ1n) is 6.25. The van der Waals surface area contributed by atoms with Gasteiger partial charge in [-0.2, -0.15) is 10.1 Å². The molecular formula is C13H16N6. The molecule has 0 aliphatic heterocycles. The van der Waals surface area contributed by atoms with Crippen molar-refractivity contribution >= 4 is 11.6 Å². The number of hydrogen-bond acceptors (Lipinski definition) is 4. The van der Waals surface area contributed by atoms with Gasteiger partial charge >= 0.3 is 0 Å². The van der Waals surface area contributed by atoms with E-state index in [4.69, 9.17) is 0 Å². The molecule has 6 heteroatoms. The zero-order chi connectivity index (χ0) is 13.2. The van der Waals surface area contributed by atoms with E-state index in [0.29, 0.717) is 5.95 Å². The van der Waals surface area contributed by atoms with Crippen LogP contribution in [0.1, 0.15) is 11.1 Å². The Morgan fingerprint density at radius 1 is 1.37 bits per heavy atom. The number of nitrogens with zero attached hydrogens (tertiary/aromatic N) is 5. The number of aryl methyl sites for hydroxylation is 2. The Morgan fingerprint density at radius 3 is 3.05 bits per heavy atom. The number of nitrogens with one attached hydrogen (secondary N) is 1. The molecule has 0 spiro atoms. The van der Waals surface area contributed by atoms with Gasteiger partial charge in [0.25, 0.3) is 0 Å². The number of anilines is 1. The van der Waals surface area contributed by atoms with Crippen LogP contribution in [-0.2, 0) is 13.5 Å². The lowest BCUT2D eigenvalue weighted by molar-refractivity contribution is 0.766. The summed E-state index contributed by atoms with van der Waals surface area (Å²) in [7, 11) is 1.92. The quantitative estimate of drug-likeness (QED) is 0.767. The molecule has 1 N–H and O–H groups in total. The Morgan fingerprint density at radius 2 is 2.26 bits per heavy atom. The molecule has 0 aliphatic rings. The largest absolute Gasteiger partial charge is 0.353 e. The minimum Gasteiger partial charge on any atom is -0.353 e. The van der Waals surface area contributed by atoms with Gasteiger partial charge in [0.05, 0.1) is 6.20 Å². The SMILES string of the molecule is Cc1ccn2nc(NCCc3cnn(C)c3)nc2c1. The van der Waals surface area contributed by atoms with Crippen molar-refractivity contribution < 1.29 is 0 Å². The van der Waals surface area contributed by atoms with E-state index in [2.05, 4.69) is 20.5 Å². The monoisotopic (exact) mass is 256 g/mol. The van der Waals surface area contributed by atoms with Crippen molar-refractivity contribution in [1.82, 2.24) is 24.4 Å². The van der Waals surface area contributed by atoms with Gasteiger partial charge in [0.15, 0.2) is 5.65 Å². The second kappa shape index (κ2) is 4.72. The van der Waals surface area contributed by atoms with Crippen LogP contribution in [0.25, 0.3) is 5.65 Å². The zero-order valence-corrected chi connectivity index (χ0v) is 11.0. The highest BCUT2D eigenvalue weighted by Gasteiger charge is 2.03. The number of fused-ring (bicyclic) bond motifs is 1. The van der Waals surface area contributed by atoms with Gasteiger partial charge in [0.1, 0.15) is 0 Å². The van der Waals surface area contributed by atoms with Crippen molar-refractivity contribution in [1.29, 1.82) is 0 Å². The first kappa shape index (κ1) is 11.7. The molecule has 0 saturated carbocycles. The average Bonchev–Trinajstić information content (AvgIpc) is 2.95. The fourth-order valence-electron chi connectivity index (χ4n) is 1.98. The predicted octanol–water partition coefficient (Wildman–Crippen LogP) is 1.43. The summed E-state index contributed by atoms with van der Waals surface area (Å²) in [6.45, 7) is 2.84. The molecule has 0 unspecified atom stereocenters. The molecule has 3 heterocycles. The summed E-state index contributed by atoms with van der Waals surface area (Å²) in [5, 5.41) is 11.7. The lowest BCUT2D eigenvalue weighted by Crippen LogP contribution is -2.05. The average molecular weight is 256 g/mol. The third-order valence-electron chi connectivity index (χ3n) is 2.95. The summed E-state index contributed by atoms with van der Waals surface area (Å²) < 4.78 is 3.58. The molecule has 6 nitrogen and oxygen atoms in total. The number of pyridine rings is 1. The Labute approximate surface area is 111 Å². The van der Waals surface area contributed by atoms with Crippen LogP contribution in [0.2, 0.25) is 0 Å². The molecule has 0 atom stereocenters. The smallest absolute Gasteiger partial charge is 0.243 e. The maximum atomic E-state index is 4.43. The molecule has 0 bridgehead atoms. The normalized spacial score (nSPS) is 11.1. The second-order valence-electron chi connectivity index (χ2n) is 4.64. The van der Waals surface area contributed by atoms with Crippen molar-refractivity contribution in [2.75, 3.05) is 11.9 Å². The molecule has 0 saturated heterocycles. The van der Waals surface area contributed by atoms with Crippen LogP contribution < -0.4 is 5.32 Å². The molecule has 0 aromatic carbocycles. The van der Waals surface area contributed by atoms with Crippen LogP contribution in [0.4, 0.5) is 5.95 Å². The van der Waals surface area contributed by atoms with E-state index in [9.17, 15) is 0 Å². The lowest BCUT2D eigenvalue weighted by Gasteiger charge is -1.98. The summed E-state index contributed by atoms with van der Waals surface area (Å²) in [5.74, 6) is 0.662. The molecule has 0 amide bonds. The molecule has 3 aromatic rings. The van der Waals surface area contributed by atoms with Crippen molar-refractivity contribution in [3.63, 3.8) is 0 Å². The summed E-state index contributed by atoms with van der Waals surface area (Å²) in [4.78, 5) is 4.43. The molecular weight excluding hydrogens is 240 g/mol. The molecule has 3 aromatic heterocycles. The fourth-order valence-corrected chi connectivity index (χ4v) is 1.98. The van der Waals surface area contributed by atoms with E-state index in [1.807, 2.05) is 44.7 Å². The number of aromatic nitrogens is 5. The standard InChI is InChI=1S/C13H16N6/c1-10-4-6-19-12(7-10)16-13(17-19)14-5-3-11-8-15-18(2)9-11/h4,6-9H,3,5H2,1-2H3,(H,14,17). The van der Waals surface area contributed by atoms with E-state index in [1.54, 1.807) is 9.20 Å². The topological polar surface area (TPSA) is 60.0 Å². The van der Waals surface area contributed by atoms with E-state index in [1.165, 1.54) is 11.1 Å². The Balaban J connectivity index is 1.65. The van der Waals surface area contributed by atoms with Crippen LogP contribution >= 0.6 is 0 Å². The number of hydrogen-bond donors (Lipinski definition) is 1. The second-order valence-corrected chi connectivity index (χ2v) is 4.64. The Hall–Kier alpha value is -2.37. The predicted molar refractivity (Wildman–Crippen MR) is 73.1 cm³/mol. The van der Waals surface area contributed by atoms with Gasteiger partial charge in [0, 0.05) is 26.0 Å². The lowest BCUT2D eigenvalue weighted by atomic mass is 10.2.